The van der Waals surface area contributed by atoms with Crippen molar-refractivity contribution in [2.75, 3.05) is 19.8 Å². The molecule has 0 radical (unpaired) electrons. The van der Waals surface area contributed by atoms with Crippen LogP contribution < -0.4 is 0 Å². The van der Waals surface area contributed by atoms with Crippen LogP contribution in [0.15, 0.2) is 12.7 Å². The fourth-order valence-corrected chi connectivity index (χ4v) is 8.49. The Hall–Kier alpha value is -0.163. The predicted molar refractivity (Wildman–Crippen MR) is 111 cm³/mol. The molecule has 1 aliphatic rings. The quantitative estimate of drug-likeness (QED) is 0.167. The van der Waals surface area contributed by atoms with Crippen LogP contribution in [0.1, 0.15) is 86.0 Å². The first-order valence-corrected chi connectivity index (χ1v) is 13.0. The normalized spacial score (nSPS) is 22.1. The average molecular weight is 373 g/mol. The second-order valence-corrected chi connectivity index (χ2v) is 11.0. The SMILES string of the molecule is C=CCCCCCC.CCOC1(OCC)CCCC[Si]1(CC)OCC. The van der Waals surface area contributed by atoms with E-state index >= 15 is 0 Å². The van der Waals surface area contributed by atoms with Gasteiger partial charge in [0.15, 0.2) is 5.41 Å². The summed E-state index contributed by atoms with van der Waals surface area (Å²) >= 11 is 0. The Morgan fingerprint density at radius 3 is 2.08 bits per heavy atom. The van der Waals surface area contributed by atoms with E-state index < -0.39 is 8.32 Å². The van der Waals surface area contributed by atoms with Crippen molar-refractivity contribution in [3.63, 3.8) is 0 Å². The van der Waals surface area contributed by atoms with Crippen LogP contribution in [-0.2, 0) is 13.9 Å². The van der Waals surface area contributed by atoms with E-state index in [2.05, 4.69) is 41.2 Å². The van der Waals surface area contributed by atoms with Gasteiger partial charge in [0.2, 0.25) is 0 Å². The van der Waals surface area contributed by atoms with Gasteiger partial charge in [0.05, 0.1) is 0 Å². The van der Waals surface area contributed by atoms with Crippen LogP contribution in [0, 0.1) is 0 Å². The zero-order valence-electron chi connectivity index (χ0n) is 17.7. The summed E-state index contributed by atoms with van der Waals surface area (Å²) in [7, 11) is -1.92. The van der Waals surface area contributed by atoms with E-state index in [1.165, 1.54) is 51.0 Å². The molecule has 25 heavy (non-hydrogen) atoms. The summed E-state index contributed by atoms with van der Waals surface area (Å²) in [6.07, 6.45) is 12.1. The minimum absolute atomic E-state index is 0.389. The van der Waals surface area contributed by atoms with E-state index in [9.17, 15) is 0 Å². The average Bonchev–Trinajstić information content (AvgIpc) is 2.62. The van der Waals surface area contributed by atoms with Gasteiger partial charge in [0.25, 0.3) is 8.32 Å². The van der Waals surface area contributed by atoms with Crippen molar-refractivity contribution in [2.24, 2.45) is 0 Å². The Labute approximate surface area is 158 Å². The number of unbranched alkanes of at least 4 members (excludes halogenated alkanes) is 4. The second kappa shape index (κ2) is 14.9. The van der Waals surface area contributed by atoms with Gasteiger partial charge < -0.3 is 13.9 Å². The highest BCUT2D eigenvalue weighted by Gasteiger charge is 2.57. The number of rotatable bonds is 12. The van der Waals surface area contributed by atoms with Gasteiger partial charge in [-0.3, -0.25) is 0 Å². The molecule has 0 bridgehead atoms. The molecule has 0 N–H and O–H groups in total. The summed E-state index contributed by atoms with van der Waals surface area (Å²) in [5.41, 5.74) is -0.389. The van der Waals surface area contributed by atoms with Crippen LogP contribution in [0.5, 0.6) is 0 Å². The first-order chi connectivity index (χ1) is 12.1. The third-order valence-electron chi connectivity index (χ3n) is 5.04. The van der Waals surface area contributed by atoms with Gasteiger partial charge >= 0.3 is 0 Å². The molecule has 1 heterocycles. The zero-order valence-corrected chi connectivity index (χ0v) is 18.7. The minimum atomic E-state index is -1.92. The van der Waals surface area contributed by atoms with Crippen molar-refractivity contribution in [1.82, 2.24) is 0 Å². The number of hydrogen-bond donors (Lipinski definition) is 0. The maximum Gasteiger partial charge on any atom is 0.256 e. The number of ether oxygens (including phenoxy) is 2. The molecule has 1 atom stereocenters. The molecule has 0 aromatic rings. The van der Waals surface area contributed by atoms with E-state index in [-0.39, 0.29) is 5.41 Å². The molecule has 0 aromatic carbocycles. The van der Waals surface area contributed by atoms with Crippen molar-refractivity contribution in [2.45, 2.75) is 103 Å². The van der Waals surface area contributed by atoms with E-state index in [1.54, 1.807) is 0 Å². The summed E-state index contributed by atoms with van der Waals surface area (Å²) in [6.45, 7) is 16.5. The van der Waals surface area contributed by atoms with Crippen LogP contribution in [0.3, 0.4) is 0 Å². The van der Waals surface area contributed by atoms with Crippen molar-refractivity contribution >= 4 is 8.32 Å². The Morgan fingerprint density at radius 2 is 1.60 bits per heavy atom. The molecule has 0 aromatic heterocycles. The molecule has 4 heteroatoms. The van der Waals surface area contributed by atoms with Crippen LogP contribution in [0.4, 0.5) is 0 Å². The lowest BCUT2D eigenvalue weighted by Gasteiger charge is -2.49. The summed E-state index contributed by atoms with van der Waals surface area (Å²) < 4.78 is 18.4. The highest BCUT2D eigenvalue weighted by atomic mass is 28.4. The van der Waals surface area contributed by atoms with Crippen LogP contribution in [0.25, 0.3) is 0 Å². The minimum Gasteiger partial charge on any atom is -0.411 e. The zero-order chi connectivity index (χ0) is 19.0. The van der Waals surface area contributed by atoms with E-state index in [4.69, 9.17) is 13.9 Å². The molecule has 150 valence electrons. The number of hydrogen-bond acceptors (Lipinski definition) is 3. The van der Waals surface area contributed by atoms with Crippen molar-refractivity contribution in [1.29, 1.82) is 0 Å². The molecular formula is C21H44O3Si. The molecule has 0 saturated carbocycles. The topological polar surface area (TPSA) is 27.7 Å². The summed E-state index contributed by atoms with van der Waals surface area (Å²) in [5.74, 6) is 0. The Kier molecular flexibility index (Phi) is 14.9. The van der Waals surface area contributed by atoms with Gasteiger partial charge in [-0.05, 0) is 52.1 Å². The van der Waals surface area contributed by atoms with E-state index in [0.29, 0.717) is 13.2 Å². The smallest absolute Gasteiger partial charge is 0.256 e. The fourth-order valence-electron chi connectivity index (χ4n) is 3.82. The maximum atomic E-state index is 6.23. The van der Waals surface area contributed by atoms with Crippen LogP contribution in [0.2, 0.25) is 12.1 Å². The largest absolute Gasteiger partial charge is 0.411 e. The molecule has 0 spiro atoms. The molecular weight excluding hydrogens is 328 g/mol. The van der Waals surface area contributed by atoms with Gasteiger partial charge in [0.1, 0.15) is 0 Å². The summed E-state index contributed by atoms with van der Waals surface area (Å²) in [6, 6.07) is 2.26. The molecule has 0 aliphatic carbocycles. The highest BCUT2D eigenvalue weighted by Crippen LogP contribution is 2.43. The fraction of sp³-hybridized carbons (Fsp3) is 0.905. The van der Waals surface area contributed by atoms with Gasteiger partial charge in [-0.1, -0.05) is 45.6 Å². The monoisotopic (exact) mass is 372 g/mol. The summed E-state index contributed by atoms with van der Waals surface area (Å²) in [4.78, 5) is 0. The standard InChI is InChI=1S/C13H28O3Si.C8H16/c1-5-14-13(15-6-2)11-9-10-12-17(13,8-4)16-7-3;1-3-5-7-8-6-4-2/h5-12H2,1-4H3;3H,1,4-8H2,2H3. The first-order valence-electron chi connectivity index (χ1n) is 10.6. The lowest BCUT2D eigenvalue weighted by atomic mass is 10.2. The molecule has 0 amide bonds. The molecule has 1 unspecified atom stereocenters. The van der Waals surface area contributed by atoms with Crippen molar-refractivity contribution in [3.8, 4) is 0 Å². The van der Waals surface area contributed by atoms with Crippen LogP contribution in [-0.4, -0.2) is 33.5 Å². The van der Waals surface area contributed by atoms with Crippen molar-refractivity contribution in [3.05, 3.63) is 12.7 Å². The third kappa shape index (κ3) is 7.94. The Bertz CT molecular complexity index is 307. The lowest BCUT2D eigenvalue weighted by molar-refractivity contribution is -0.199. The first kappa shape index (κ1) is 24.8. The second-order valence-electron chi connectivity index (χ2n) is 6.74. The Morgan fingerprint density at radius 1 is 0.920 bits per heavy atom. The van der Waals surface area contributed by atoms with Gasteiger partial charge in [-0.25, -0.2) is 0 Å². The number of allylic oxidation sites excluding steroid dienone is 1. The van der Waals surface area contributed by atoms with Gasteiger partial charge in [0, 0.05) is 26.2 Å². The third-order valence-corrected chi connectivity index (χ3v) is 10.1. The Balaban J connectivity index is 0.000000609. The molecule has 1 fully saturated rings. The van der Waals surface area contributed by atoms with Gasteiger partial charge in [-0.2, -0.15) is 0 Å². The lowest BCUT2D eigenvalue weighted by Crippen LogP contribution is -2.65. The van der Waals surface area contributed by atoms with E-state index in [1.807, 2.05) is 6.08 Å². The van der Waals surface area contributed by atoms with Gasteiger partial charge in [-0.15, -0.1) is 6.58 Å². The summed E-state index contributed by atoms with van der Waals surface area (Å²) in [5, 5.41) is 0. The molecule has 1 rings (SSSR count). The molecule has 1 aliphatic heterocycles. The van der Waals surface area contributed by atoms with Crippen molar-refractivity contribution < 1.29 is 13.9 Å². The maximum absolute atomic E-state index is 6.23. The highest BCUT2D eigenvalue weighted by molar-refractivity contribution is 6.76. The molecule has 1 saturated heterocycles. The molecule has 3 nitrogen and oxygen atoms in total. The predicted octanol–water partition coefficient (Wildman–Crippen LogP) is 6.62. The van der Waals surface area contributed by atoms with E-state index in [0.717, 1.165) is 19.1 Å². The van der Waals surface area contributed by atoms with Crippen LogP contribution >= 0.6 is 0 Å².